The molecular weight excluding hydrogens is 238 g/mol. The molecule has 1 aliphatic heterocycles. The Hall–Kier alpha value is -1.29. The van der Waals surface area contributed by atoms with Crippen molar-refractivity contribution >= 4 is 5.82 Å². The second-order valence-electron chi connectivity index (χ2n) is 4.16. The second-order valence-corrected chi connectivity index (χ2v) is 4.16. The van der Waals surface area contributed by atoms with Crippen molar-refractivity contribution in [2.45, 2.75) is 47.1 Å². The summed E-state index contributed by atoms with van der Waals surface area (Å²) in [5.41, 5.74) is 5.69. The zero-order valence-corrected chi connectivity index (χ0v) is 13.0. The Balaban J connectivity index is 0.000000573. The lowest BCUT2D eigenvalue weighted by molar-refractivity contribution is 0.338. The molecule has 2 heterocycles. The van der Waals surface area contributed by atoms with Crippen molar-refractivity contribution < 1.29 is 4.74 Å². The maximum absolute atomic E-state index is 5.69. The van der Waals surface area contributed by atoms with Crippen molar-refractivity contribution in [3.8, 4) is 5.75 Å². The summed E-state index contributed by atoms with van der Waals surface area (Å²) in [5.74, 6) is 1.80. The van der Waals surface area contributed by atoms with Crippen LogP contribution in [0.1, 0.15) is 41.0 Å². The van der Waals surface area contributed by atoms with E-state index >= 15 is 0 Å². The summed E-state index contributed by atoms with van der Waals surface area (Å²) in [7, 11) is 0. The van der Waals surface area contributed by atoms with Gasteiger partial charge in [0.1, 0.15) is 11.6 Å². The van der Waals surface area contributed by atoms with Crippen molar-refractivity contribution in [1.29, 1.82) is 0 Å². The Morgan fingerprint density at radius 2 is 1.84 bits per heavy atom. The van der Waals surface area contributed by atoms with Gasteiger partial charge in [-0.15, -0.1) is 0 Å². The molecule has 0 bridgehead atoms. The molecule has 1 aromatic heterocycles. The first kappa shape index (κ1) is 17.7. The number of anilines is 1. The molecule has 1 aromatic rings. The molecule has 2 N–H and O–H groups in total. The molecule has 4 nitrogen and oxygen atoms in total. The first-order chi connectivity index (χ1) is 9.21. The van der Waals surface area contributed by atoms with Gasteiger partial charge in [-0.05, 0) is 19.1 Å². The van der Waals surface area contributed by atoms with Crippen LogP contribution in [0.2, 0.25) is 0 Å². The Bertz CT molecular complexity index is 308. The third-order valence-electron chi connectivity index (χ3n) is 2.27. The van der Waals surface area contributed by atoms with Crippen LogP contribution in [0.3, 0.4) is 0 Å². The predicted octanol–water partition coefficient (Wildman–Crippen LogP) is 3.07. The largest absolute Gasteiger partial charge is 0.492 e. The summed E-state index contributed by atoms with van der Waals surface area (Å²) in [4.78, 5) is 6.45. The van der Waals surface area contributed by atoms with Gasteiger partial charge >= 0.3 is 0 Å². The number of aromatic nitrogens is 1. The third-order valence-corrected chi connectivity index (χ3v) is 2.27. The van der Waals surface area contributed by atoms with Crippen molar-refractivity contribution in [1.82, 2.24) is 4.98 Å². The van der Waals surface area contributed by atoms with Gasteiger partial charge in [-0.1, -0.05) is 34.1 Å². The minimum Gasteiger partial charge on any atom is -0.492 e. The van der Waals surface area contributed by atoms with Crippen molar-refractivity contribution in [2.75, 3.05) is 24.6 Å². The lowest BCUT2D eigenvalue weighted by Crippen LogP contribution is -2.56. The van der Waals surface area contributed by atoms with Gasteiger partial charge in [0.05, 0.1) is 12.8 Å². The van der Waals surface area contributed by atoms with Gasteiger partial charge in [-0.2, -0.15) is 0 Å². The molecule has 0 atom stereocenters. The smallest absolute Gasteiger partial charge is 0.137 e. The van der Waals surface area contributed by atoms with E-state index < -0.39 is 0 Å². The van der Waals surface area contributed by atoms with Crippen LogP contribution in [-0.2, 0) is 0 Å². The fourth-order valence-electron chi connectivity index (χ4n) is 1.51. The predicted molar refractivity (Wildman–Crippen MR) is 82.9 cm³/mol. The number of pyridine rings is 1. The van der Waals surface area contributed by atoms with E-state index in [4.69, 9.17) is 10.5 Å². The van der Waals surface area contributed by atoms with Crippen molar-refractivity contribution in [2.24, 2.45) is 5.73 Å². The van der Waals surface area contributed by atoms with E-state index in [0.717, 1.165) is 24.7 Å². The van der Waals surface area contributed by atoms with Gasteiger partial charge in [-0.25, -0.2) is 4.98 Å². The van der Waals surface area contributed by atoms with Gasteiger partial charge in [0.15, 0.2) is 0 Å². The van der Waals surface area contributed by atoms with E-state index in [9.17, 15) is 0 Å². The van der Waals surface area contributed by atoms with Gasteiger partial charge in [-0.3, -0.25) is 0 Å². The zero-order chi connectivity index (χ0) is 14.7. The van der Waals surface area contributed by atoms with Crippen LogP contribution in [0.4, 0.5) is 5.82 Å². The Morgan fingerprint density at radius 1 is 1.26 bits per heavy atom. The highest BCUT2D eigenvalue weighted by Gasteiger charge is 2.23. The number of ether oxygens (including phenoxy) is 1. The van der Waals surface area contributed by atoms with Gasteiger partial charge < -0.3 is 15.4 Å². The molecule has 0 unspecified atom stereocenters. The minimum absolute atomic E-state index is 0.309. The van der Waals surface area contributed by atoms with Gasteiger partial charge in [0.2, 0.25) is 0 Å². The number of rotatable bonds is 3. The molecule has 0 saturated carbocycles. The topological polar surface area (TPSA) is 51.4 Å². The number of nitrogens with zero attached hydrogens (tertiary/aromatic N) is 2. The third kappa shape index (κ3) is 6.43. The number of hydrogen-bond donors (Lipinski definition) is 1. The molecule has 1 aliphatic rings. The van der Waals surface area contributed by atoms with Crippen molar-refractivity contribution in [3.63, 3.8) is 0 Å². The highest BCUT2D eigenvalue weighted by molar-refractivity contribution is 5.44. The van der Waals surface area contributed by atoms with E-state index in [1.807, 2.05) is 32.9 Å². The Morgan fingerprint density at radius 3 is 2.21 bits per heavy atom. The molecule has 4 heteroatoms. The Labute approximate surface area is 118 Å². The van der Waals surface area contributed by atoms with Crippen molar-refractivity contribution in [3.05, 3.63) is 18.3 Å². The quantitative estimate of drug-likeness (QED) is 0.914. The lowest BCUT2D eigenvalue weighted by Gasteiger charge is -2.37. The highest BCUT2D eigenvalue weighted by atomic mass is 16.5. The number of nitrogens with two attached hydrogens (primary N) is 1. The minimum atomic E-state index is 0.309. The van der Waals surface area contributed by atoms with E-state index in [1.165, 1.54) is 6.42 Å². The first-order valence-corrected chi connectivity index (χ1v) is 7.30. The average Bonchev–Trinajstić information content (AvgIpc) is 2.40. The highest BCUT2D eigenvalue weighted by Crippen LogP contribution is 2.19. The molecule has 110 valence electrons. The van der Waals surface area contributed by atoms with E-state index in [2.05, 4.69) is 23.7 Å². The maximum atomic E-state index is 5.69. The van der Waals surface area contributed by atoms with Crippen LogP contribution in [0, 0.1) is 0 Å². The average molecular weight is 267 g/mol. The SMILES string of the molecule is CC.CCC.CCOc1ccc(N2CC(N)C2)nc1. The summed E-state index contributed by atoms with van der Waals surface area (Å²) in [6, 6.07) is 4.22. The zero-order valence-electron chi connectivity index (χ0n) is 13.0. The van der Waals surface area contributed by atoms with E-state index in [0.29, 0.717) is 12.6 Å². The molecule has 1 fully saturated rings. The van der Waals surface area contributed by atoms with E-state index in [-0.39, 0.29) is 0 Å². The number of hydrogen-bond acceptors (Lipinski definition) is 4. The molecule has 0 aromatic carbocycles. The van der Waals surface area contributed by atoms with Gasteiger partial charge in [0.25, 0.3) is 0 Å². The van der Waals surface area contributed by atoms with Crippen LogP contribution < -0.4 is 15.4 Å². The monoisotopic (exact) mass is 267 g/mol. The molecule has 0 amide bonds. The first-order valence-electron chi connectivity index (χ1n) is 7.30. The van der Waals surface area contributed by atoms with Crippen LogP contribution in [0.15, 0.2) is 18.3 Å². The maximum Gasteiger partial charge on any atom is 0.137 e. The van der Waals surface area contributed by atoms with Gasteiger partial charge in [0, 0.05) is 19.1 Å². The summed E-state index contributed by atoms with van der Waals surface area (Å²) < 4.78 is 5.31. The lowest BCUT2D eigenvalue weighted by atomic mass is 10.1. The Kier molecular flexibility index (Phi) is 9.90. The molecular formula is C15H29N3O. The molecule has 0 spiro atoms. The standard InChI is InChI=1S/C10H15N3O.C3H8.C2H6/c1-2-14-9-3-4-10(12-5-9)13-6-8(11)7-13;1-3-2;1-2/h3-5,8H,2,6-7,11H2,1H3;3H2,1-2H3;1-2H3. The fourth-order valence-corrected chi connectivity index (χ4v) is 1.51. The molecule has 2 rings (SSSR count). The fraction of sp³-hybridized carbons (Fsp3) is 0.667. The normalized spacial score (nSPS) is 13.5. The van der Waals surface area contributed by atoms with Crippen LogP contribution >= 0.6 is 0 Å². The summed E-state index contributed by atoms with van der Waals surface area (Å²) in [5, 5.41) is 0. The van der Waals surface area contributed by atoms with E-state index in [1.54, 1.807) is 6.20 Å². The van der Waals surface area contributed by atoms with Crippen LogP contribution in [0.5, 0.6) is 5.75 Å². The van der Waals surface area contributed by atoms with Crippen LogP contribution in [0.25, 0.3) is 0 Å². The molecule has 0 aliphatic carbocycles. The summed E-state index contributed by atoms with van der Waals surface area (Å²) >= 11 is 0. The molecule has 0 radical (unpaired) electrons. The summed E-state index contributed by atoms with van der Waals surface area (Å²) in [6.45, 7) is 12.7. The second kappa shape index (κ2) is 10.6. The molecule has 19 heavy (non-hydrogen) atoms. The molecule has 1 saturated heterocycles. The summed E-state index contributed by atoms with van der Waals surface area (Å²) in [6.07, 6.45) is 3.00. The van der Waals surface area contributed by atoms with Crippen LogP contribution in [-0.4, -0.2) is 30.7 Å².